The summed E-state index contributed by atoms with van der Waals surface area (Å²) in [6, 6.07) is 19.1. The highest BCUT2D eigenvalue weighted by atomic mass is 16.6. The van der Waals surface area contributed by atoms with Gasteiger partial charge in [-0.2, -0.15) is 0 Å². The lowest BCUT2D eigenvalue weighted by Crippen LogP contribution is -2.47. The molecule has 0 N–H and O–H groups in total. The minimum Gasteiger partial charge on any atom is -0.469 e. The second kappa shape index (κ2) is 9.74. The van der Waals surface area contributed by atoms with Crippen molar-refractivity contribution in [2.75, 3.05) is 13.7 Å². The van der Waals surface area contributed by atoms with Crippen LogP contribution < -0.4 is 0 Å². The highest BCUT2D eigenvalue weighted by Gasteiger charge is 2.37. The van der Waals surface area contributed by atoms with E-state index < -0.39 is 12.0 Å². The number of ether oxygens (including phenoxy) is 2. The second-order valence-corrected chi connectivity index (χ2v) is 6.79. The van der Waals surface area contributed by atoms with Crippen molar-refractivity contribution >= 4 is 12.1 Å². The first-order valence-electron chi connectivity index (χ1n) is 9.43. The molecular weight excluding hydrogens is 354 g/mol. The Bertz CT molecular complexity index is 804. The average Bonchev–Trinajstić information content (AvgIpc) is 2.95. The first-order chi connectivity index (χ1) is 13.7. The summed E-state index contributed by atoms with van der Waals surface area (Å²) in [6.45, 7) is 0.597. The minimum absolute atomic E-state index is 0.195. The van der Waals surface area contributed by atoms with Crippen molar-refractivity contribution in [3.8, 4) is 0 Å². The number of hydrogen-bond donors (Lipinski definition) is 0. The number of benzene rings is 2. The van der Waals surface area contributed by atoms with Gasteiger partial charge >= 0.3 is 12.1 Å². The molecule has 0 saturated heterocycles. The number of esters is 1. The molecule has 28 heavy (non-hydrogen) atoms. The molecule has 0 unspecified atom stereocenters. The van der Waals surface area contributed by atoms with Crippen molar-refractivity contribution in [3.63, 3.8) is 0 Å². The Hall–Kier alpha value is -3.08. The number of carbonyl (C=O) groups is 2. The topological polar surface area (TPSA) is 55.8 Å². The summed E-state index contributed by atoms with van der Waals surface area (Å²) in [7, 11) is 1.38. The monoisotopic (exact) mass is 379 g/mol. The predicted molar refractivity (Wildman–Crippen MR) is 107 cm³/mol. The molecule has 0 fully saturated rings. The molecule has 1 heterocycles. The van der Waals surface area contributed by atoms with Gasteiger partial charge in [-0.1, -0.05) is 72.8 Å². The molecule has 1 aliphatic heterocycles. The molecule has 0 radical (unpaired) electrons. The van der Waals surface area contributed by atoms with Crippen LogP contribution in [-0.4, -0.2) is 36.7 Å². The van der Waals surface area contributed by atoms with Gasteiger partial charge in [-0.25, -0.2) is 4.79 Å². The van der Waals surface area contributed by atoms with Gasteiger partial charge in [0, 0.05) is 6.54 Å². The van der Waals surface area contributed by atoms with Crippen molar-refractivity contribution in [1.82, 2.24) is 4.90 Å². The van der Waals surface area contributed by atoms with E-state index in [1.54, 1.807) is 4.90 Å². The van der Waals surface area contributed by atoms with Crippen LogP contribution in [0.3, 0.4) is 0 Å². The van der Waals surface area contributed by atoms with E-state index in [9.17, 15) is 9.59 Å². The fourth-order valence-electron chi connectivity index (χ4n) is 3.47. The van der Waals surface area contributed by atoms with Crippen molar-refractivity contribution in [3.05, 3.63) is 83.9 Å². The number of hydrogen-bond acceptors (Lipinski definition) is 4. The van der Waals surface area contributed by atoms with Crippen LogP contribution in [0.4, 0.5) is 4.79 Å². The van der Waals surface area contributed by atoms with Crippen LogP contribution >= 0.6 is 0 Å². The average molecular weight is 379 g/mol. The number of carbonyl (C=O) groups excluding carboxylic acids is 2. The van der Waals surface area contributed by atoms with Gasteiger partial charge in [0.05, 0.1) is 19.1 Å². The quantitative estimate of drug-likeness (QED) is 0.582. The highest BCUT2D eigenvalue weighted by molar-refractivity contribution is 5.76. The number of methoxy groups -OCH3 is 1. The third-order valence-electron chi connectivity index (χ3n) is 4.95. The maximum absolute atomic E-state index is 12.9. The molecule has 1 amide bonds. The predicted octanol–water partition coefficient (Wildman–Crippen LogP) is 3.99. The molecular formula is C23H25NO4. The molecule has 0 aromatic heterocycles. The van der Waals surface area contributed by atoms with Crippen LogP contribution in [0.2, 0.25) is 0 Å². The lowest BCUT2D eigenvalue weighted by Gasteiger charge is -2.33. The summed E-state index contributed by atoms with van der Waals surface area (Å²) in [5.41, 5.74) is 1.98. The first-order valence-corrected chi connectivity index (χ1v) is 9.43. The molecule has 3 rings (SSSR count). The number of amides is 1. The molecule has 2 aromatic rings. The fourth-order valence-corrected chi connectivity index (χ4v) is 3.47. The zero-order valence-electron chi connectivity index (χ0n) is 16.0. The minimum atomic E-state index is -0.437. The fraction of sp³-hybridized carbons (Fsp3) is 0.304. The molecule has 1 aliphatic rings. The smallest absolute Gasteiger partial charge is 0.410 e. The highest BCUT2D eigenvalue weighted by Crippen LogP contribution is 2.25. The van der Waals surface area contributed by atoms with Gasteiger partial charge in [0.25, 0.3) is 0 Å². The molecule has 0 spiro atoms. The van der Waals surface area contributed by atoms with Crippen LogP contribution in [0.25, 0.3) is 0 Å². The van der Waals surface area contributed by atoms with E-state index in [1.807, 2.05) is 72.8 Å². The number of nitrogens with zero attached hydrogens (tertiary/aromatic N) is 1. The van der Waals surface area contributed by atoms with E-state index in [-0.39, 0.29) is 18.6 Å². The molecule has 146 valence electrons. The lowest BCUT2D eigenvalue weighted by atomic mass is 9.90. The third kappa shape index (κ3) is 5.00. The zero-order valence-corrected chi connectivity index (χ0v) is 16.0. The zero-order chi connectivity index (χ0) is 19.8. The standard InChI is InChI=1S/C23H25NO4/c1-27-22(25)20-14-8-9-15-24(21(20)16-18-10-4-2-5-11-18)23(26)28-17-19-12-6-3-7-13-19/h2-13,20-21H,14-17H2,1H3/t20-,21-/m0/s1. The summed E-state index contributed by atoms with van der Waals surface area (Å²) < 4.78 is 10.6. The van der Waals surface area contributed by atoms with Gasteiger partial charge in [-0.3, -0.25) is 4.79 Å². The number of allylic oxidation sites excluding steroid dienone is 1. The van der Waals surface area contributed by atoms with E-state index >= 15 is 0 Å². The van der Waals surface area contributed by atoms with Gasteiger partial charge in [0.2, 0.25) is 0 Å². The van der Waals surface area contributed by atoms with Crippen molar-refractivity contribution in [2.24, 2.45) is 5.92 Å². The second-order valence-electron chi connectivity index (χ2n) is 6.79. The molecule has 0 aliphatic carbocycles. The van der Waals surface area contributed by atoms with E-state index in [1.165, 1.54) is 7.11 Å². The SMILES string of the molecule is COC(=O)[C@H]1CC=CCN(C(=O)OCc2ccccc2)[C@H]1Cc1ccccc1. The van der Waals surface area contributed by atoms with Crippen molar-refractivity contribution < 1.29 is 19.1 Å². The molecule has 2 atom stereocenters. The Kier molecular flexibility index (Phi) is 6.84. The normalized spacial score (nSPS) is 19.0. The molecule has 0 saturated carbocycles. The lowest BCUT2D eigenvalue weighted by molar-refractivity contribution is -0.147. The Labute approximate surface area is 165 Å². The maximum atomic E-state index is 12.9. The maximum Gasteiger partial charge on any atom is 0.410 e. The Morgan fingerprint density at radius 1 is 0.964 bits per heavy atom. The van der Waals surface area contributed by atoms with Gasteiger partial charge < -0.3 is 14.4 Å². The molecule has 5 nitrogen and oxygen atoms in total. The van der Waals surface area contributed by atoms with Crippen LogP contribution in [0.1, 0.15) is 17.5 Å². The van der Waals surface area contributed by atoms with Gasteiger partial charge in [0.15, 0.2) is 0 Å². The van der Waals surface area contributed by atoms with Crippen molar-refractivity contribution in [1.29, 1.82) is 0 Å². The van der Waals surface area contributed by atoms with Gasteiger partial charge in [-0.15, -0.1) is 0 Å². The summed E-state index contributed by atoms with van der Waals surface area (Å²) in [6.07, 6.45) is 4.51. The number of rotatable bonds is 5. The van der Waals surface area contributed by atoms with Crippen LogP contribution in [-0.2, 0) is 27.3 Å². The third-order valence-corrected chi connectivity index (χ3v) is 4.95. The van der Waals surface area contributed by atoms with Crippen LogP contribution in [0, 0.1) is 5.92 Å². The Morgan fingerprint density at radius 3 is 2.25 bits per heavy atom. The van der Waals surface area contributed by atoms with Crippen molar-refractivity contribution in [2.45, 2.75) is 25.5 Å². The summed E-state index contributed by atoms with van der Waals surface area (Å²) >= 11 is 0. The van der Waals surface area contributed by atoms with Gasteiger partial charge in [-0.05, 0) is 24.0 Å². The van der Waals surface area contributed by atoms with E-state index in [0.29, 0.717) is 19.4 Å². The molecule has 2 aromatic carbocycles. The molecule has 0 bridgehead atoms. The first kappa shape index (κ1) is 19.7. The van der Waals surface area contributed by atoms with Crippen LogP contribution in [0.5, 0.6) is 0 Å². The van der Waals surface area contributed by atoms with Crippen LogP contribution in [0.15, 0.2) is 72.8 Å². The summed E-state index contributed by atoms with van der Waals surface area (Å²) in [4.78, 5) is 27.0. The van der Waals surface area contributed by atoms with E-state index in [4.69, 9.17) is 9.47 Å². The van der Waals surface area contributed by atoms with E-state index in [0.717, 1.165) is 11.1 Å². The largest absolute Gasteiger partial charge is 0.469 e. The van der Waals surface area contributed by atoms with E-state index in [2.05, 4.69) is 0 Å². The molecule has 5 heteroatoms. The summed E-state index contributed by atoms with van der Waals surface area (Å²) in [5.74, 6) is -0.749. The van der Waals surface area contributed by atoms with Gasteiger partial charge in [0.1, 0.15) is 6.61 Å². The Morgan fingerprint density at radius 2 is 1.61 bits per heavy atom. The Balaban J connectivity index is 1.80. The summed E-state index contributed by atoms with van der Waals surface area (Å²) in [5, 5.41) is 0.